The molecule has 1 amide bonds. The number of halogens is 4. The molecule has 0 heterocycles. The van der Waals surface area contributed by atoms with E-state index in [9.17, 15) is 18.0 Å². The first-order chi connectivity index (χ1) is 9.90. The highest BCUT2D eigenvalue weighted by atomic mass is 79.9. The minimum atomic E-state index is -2.69. The monoisotopic (exact) mass is 357 g/mol. The fourth-order valence-electron chi connectivity index (χ4n) is 1.98. The Kier molecular flexibility index (Phi) is 4.67. The lowest BCUT2D eigenvalue weighted by atomic mass is 9.99. The van der Waals surface area contributed by atoms with Gasteiger partial charge in [-0.1, -0.05) is 34.1 Å². The predicted octanol–water partition coefficient (Wildman–Crippen LogP) is 5.15. The molecule has 0 fully saturated rings. The van der Waals surface area contributed by atoms with Crippen LogP contribution in [-0.2, 0) is 4.79 Å². The average molecular weight is 358 g/mol. The number of nitrogens with one attached hydrogen (secondary N) is 1. The van der Waals surface area contributed by atoms with Crippen molar-refractivity contribution >= 4 is 27.5 Å². The van der Waals surface area contributed by atoms with Crippen molar-refractivity contribution in [2.75, 3.05) is 5.32 Å². The molecule has 2 aromatic rings. The number of hydrogen-bond donors (Lipinski definition) is 1. The van der Waals surface area contributed by atoms with E-state index in [1.807, 2.05) is 0 Å². The SMILES string of the molecule is CC(=O)Nc1ccc(-c2cccc(Br)c2C(F)F)cc1F. The highest BCUT2D eigenvalue weighted by Crippen LogP contribution is 2.37. The number of benzene rings is 2. The third kappa shape index (κ3) is 3.44. The Labute approximate surface area is 128 Å². The first-order valence-electron chi connectivity index (χ1n) is 6.04. The van der Waals surface area contributed by atoms with Crippen molar-refractivity contribution < 1.29 is 18.0 Å². The maximum Gasteiger partial charge on any atom is 0.265 e. The van der Waals surface area contributed by atoms with Gasteiger partial charge in [-0.15, -0.1) is 0 Å². The van der Waals surface area contributed by atoms with Crippen molar-refractivity contribution in [3.8, 4) is 11.1 Å². The van der Waals surface area contributed by atoms with Crippen LogP contribution in [0.4, 0.5) is 18.9 Å². The molecule has 0 atom stereocenters. The first kappa shape index (κ1) is 15.6. The summed E-state index contributed by atoms with van der Waals surface area (Å²) in [6.45, 7) is 1.26. The summed E-state index contributed by atoms with van der Waals surface area (Å²) in [5, 5.41) is 2.33. The summed E-state index contributed by atoms with van der Waals surface area (Å²) < 4.78 is 40.5. The molecule has 0 radical (unpaired) electrons. The molecule has 0 bridgehead atoms. The second kappa shape index (κ2) is 6.30. The van der Waals surface area contributed by atoms with Crippen molar-refractivity contribution in [2.24, 2.45) is 0 Å². The van der Waals surface area contributed by atoms with E-state index in [-0.39, 0.29) is 21.3 Å². The highest BCUT2D eigenvalue weighted by Gasteiger charge is 2.18. The van der Waals surface area contributed by atoms with E-state index in [0.717, 1.165) is 6.07 Å². The Balaban J connectivity index is 2.51. The summed E-state index contributed by atoms with van der Waals surface area (Å²) in [5.74, 6) is -1.08. The Bertz CT molecular complexity index is 689. The van der Waals surface area contributed by atoms with E-state index in [0.29, 0.717) is 5.56 Å². The van der Waals surface area contributed by atoms with Gasteiger partial charge in [0, 0.05) is 17.0 Å². The van der Waals surface area contributed by atoms with Gasteiger partial charge in [0.05, 0.1) is 5.69 Å². The molecule has 1 N–H and O–H groups in total. The van der Waals surface area contributed by atoms with Crippen LogP contribution in [0.3, 0.4) is 0 Å². The van der Waals surface area contributed by atoms with E-state index >= 15 is 0 Å². The van der Waals surface area contributed by atoms with E-state index in [1.54, 1.807) is 6.07 Å². The largest absolute Gasteiger partial charge is 0.324 e. The summed E-state index contributed by atoms with van der Waals surface area (Å²) in [6, 6.07) is 8.57. The molecule has 6 heteroatoms. The van der Waals surface area contributed by atoms with E-state index in [2.05, 4.69) is 21.2 Å². The number of hydrogen-bond acceptors (Lipinski definition) is 1. The van der Waals surface area contributed by atoms with Crippen LogP contribution < -0.4 is 5.32 Å². The smallest absolute Gasteiger partial charge is 0.265 e. The van der Waals surface area contributed by atoms with E-state index < -0.39 is 18.1 Å². The highest BCUT2D eigenvalue weighted by molar-refractivity contribution is 9.10. The van der Waals surface area contributed by atoms with Gasteiger partial charge in [0.25, 0.3) is 6.43 Å². The summed E-state index contributed by atoms with van der Waals surface area (Å²) >= 11 is 3.08. The number of carbonyl (C=O) groups is 1. The molecule has 0 unspecified atom stereocenters. The quantitative estimate of drug-likeness (QED) is 0.808. The predicted molar refractivity (Wildman–Crippen MR) is 78.8 cm³/mol. The topological polar surface area (TPSA) is 29.1 Å². The molecule has 0 aliphatic carbocycles. The van der Waals surface area contributed by atoms with Gasteiger partial charge in [0.2, 0.25) is 5.91 Å². The summed E-state index contributed by atoms with van der Waals surface area (Å²) in [6.07, 6.45) is -2.69. The molecule has 2 aromatic carbocycles. The van der Waals surface area contributed by atoms with Gasteiger partial charge in [0.15, 0.2) is 0 Å². The van der Waals surface area contributed by atoms with E-state index in [1.165, 1.54) is 31.2 Å². The summed E-state index contributed by atoms with van der Waals surface area (Å²) in [5.41, 5.74) is 0.384. The number of carbonyl (C=O) groups excluding carboxylic acids is 1. The minimum absolute atomic E-state index is 0.0137. The Hall–Kier alpha value is -1.82. The molecule has 0 saturated heterocycles. The standard InChI is InChI=1S/C15H11BrF3NO/c1-8(21)20-13-6-5-9(7-12(13)17)10-3-2-4-11(16)14(10)15(18)19/h2-7,15H,1H3,(H,20,21). The molecule has 0 spiro atoms. The van der Waals surface area contributed by atoms with Crippen LogP contribution in [0.5, 0.6) is 0 Å². The van der Waals surface area contributed by atoms with Gasteiger partial charge in [-0.2, -0.15) is 0 Å². The third-order valence-corrected chi connectivity index (χ3v) is 3.55. The normalized spacial score (nSPS) is 10.8. The van der Waals surface area contributed by atoms with Crippen LogP contribution in [0.2, 0.25) is 0 Å². The van der Waals surface area contributed by atoms with Crippen LogP contribution in [0.25, 0.3) is 11.1 Å². The number of rotatable bonds is 3. The molecule has 21 heavy (non-hydrogen) atoms. The lowest BCUT2D eigenvalue weighted by Crippen LogP contribution is -2.07. The molecule has 110 valence electrons. The zero-order valence-electron chi connectivity index (χ0n) is 11.0. The first-order valence-corrected chi connectivity index (χ1v) is 6.83. The fourth-order valence-corrected chi connectivity index (χ4v) is 2.52. The van der Waals surface area contributed by atoms with Gasteiger partial charge < -0.3 is 5.32 Å². The fraction of sp³-hybridized carbons (Fsp3) is 0.133. The molecule has 2 rings (SSSR count). The average Bonchev–Trinajstić information content (AvgIpc) is 2.40. The molecule has 2 nitrogen and oxygen atoms in total. The third-order valence-electron chi connectivity index (χ3n) is 2.86. The van der Waals surface area contributed by atoms with E-state index in [4.69, 9.17) is 0 Å². The summed E-state index contributed by atoms with van der Waals surface area (Å²) in [7, 11) is 0. The Morgan fingerprint density at radius 3 is 2.52 bits per heavy atom. The lowest BCUT2D eigenvalue weighted by Gasteiger charge is -2.12. The van der Waals surface area contributed by atoms with Gasteiger partial charge in [0.1, 0.15) is 5.82 Å². The van der Waals surface area contributed by atoms with Crippen molar-refractivity contribution in [1.29, 1.82) is 0 Å². The number of alkyl halides is 2. The van der Waals surface area contributed by atoms with Crippen molar-refractivity contribution in [1.82, 2.24) is 0 Å². The van der Waals surface area contributed by atoms with Gasteiger partial charge in [-0.05, 0) is 29.3 Å². The van der Waals surface area contributed by atoms with Crippen molar-refractivity contribution in [2.45, 2.75) is 13.3 Å². The zero-order valence-corrected chi connectivity index (χ0v) is 12.5. The maximum atomic E-state index is 13.9. The molecule has 0 saturated carbocycles. The Morgan fingerprint density at radius 2 is 1.95 bits per heavy atom. The molecular formula is C15H11BrF3NO. The lowest BCUT2D eigenvalue weighted by molar-refractivity contribution is -0.114. The van der Waals surface area contributed by atoms with Crippen LogP contribution in [0.15, 0.2) is 40.9 Å². The molecule has 0 aliphatic heterocycles. The van der Waals surface area contributed by atoms with Crippen LogP contribution in [0, 0.1) is 5.82 Å². The Morgan fingerprint density at radius 1 is 1.24 bits per heavy atom. The minimum Gasteiger partial charge on any atom is -0.324 e. The summed E-state index contributed by atoms with van der Waals surface area (Å²) in [4.78, 5) is 10.9. The second-order valence-electron chi connectivity index (χ2n) is 4.38. The maximum absolute atomic E-state index is 13.9. The number of amides is 1. The van der Waals surface area contributed by atoms with Gasteiger partial charge in [-0.25, -0.2) is 13.2 Å². The second-order valence-corrected chi connectivity index (χ2v) is 5.23. The molecule has 0 aliphatic rings. The zero-order chi connectivity index (χ0) is 15.6. The van der Waals surface area contributed by atoms with Crippen molar-refractivity contribution in [3.05, 3.63) is 52.3 Å². The number of anilines is 1. The molecule has 0 aromatic heterocycles. The van der Waals surface area contributed by atoms with Crippen molar-refractivity contribution in [3.63, 3.8) is 0 Å². The van der Waals surface area contributed by atoms with Gasteiger partial charge in [-0.3, -0.25) is 4.79 Å². The van der Waals surface area contributed by atoms with Crippen LogP contribution in [-0.4, -0.2) is 5.91 Å². The molecular weight excluding hydrogens is 347 g/mol. The van der Waals surface area contributed by atoms with Gasteiger partial charge >= 0.3 is 0 Å². The van der Waals surface area contributed by atoms with Crippen LogP contribution >= 0.6 is 15.9 Å². The van der Waals surface area contributed by atoms with Crippen LogP contribution in [0.1, 0.15) is 18.9 Å².